The van der Waals surface area contributed by atoms with Crippen LogP contribution in [0.3, 0.4) is 0 Å². The number of halogens is 3. The smallest absolute Gasteiger partial charge is 0.389 e. The molecule has 1 unspecified atom stereocenters. The number of hydrogen-bond donors (Lipinski definition) is 2. The van der Waals surface area contributed by atoms with Crippen LogP contribution in [-0.2, 0) is 0 Å². The third-order valence-corrected chi connectivity index (χ3v) is 2.68. The number of unbranched alkanes of at least 4 members (excludes halogenated alkanes) is 3. The van der Waals surface area contributed by atoms with E-state index in [1.807, 2.05) is 6.92 Å². The van der Waals surface area contributed by atoms with E-state index in [9.17, 15) is 13.2 Å². The van der Waals surface area contributed by atoms with Crippen LogP contribution in [0.15, 0.2) is 0 Å². The second kappa shape index (κ2) is 9.71. The third-order valence-electron chi connectivity index (χ3n) is 2.68. The van der Waals surface area contributed by atoms with Gasteiger partial charge in [0.2, 0.25) is 0 Å². The van der Waals surface area contributed by atoms with Crippen LogP contribution in [0.25, 0.3) is 0 Å². The Kier molecular flexibility index (Phi) is 9.55. The van der Waals surface area contributed by atoms with Crippen LogP contribution in [0, 0.1) is 0 Å². The standard InChI is InChI=1S/C12H24F3NO/c1-11(7-6-8-12(13,14)15)16-9-4-2-3-5-10-17/h11,16-17H,2-10H2,1H3. The minimum Gasteiger partial charge on any atom is -0.396 e. The van der Waals surface area contributed by atoms with Crippen LogP contribution in [-0.4, -0.2) is 30.5 Å². The van der Waals surface area contributed by atoms with Gasteiger partial charge in [0.05, 0.1) is 0 Å². The third kappa shape index (κ3) is 13.6. The van der Waals surface area contributed by atoms with Crippen LogP contribution in [0.2, 0.25) is 0 Å². The Bertz CT molecular complexity index is 174. The highest BCUT2D eigenvalue weighted by Gasteiger charge is 2.26. The maximum absolute atomic E-state index is 11.9. The Morgan fingerprint density at radius 1 is 1.06 bits per heavy atom. The van der Waals surface area contributed by atoms with Crippen LogP contribution in [0.5, 0.6) is 0 Å². The zero-order valence-corrected chi connectivity index (χ0v) is 10.5. The maximum atomic E-state index is 11.9. The van der Waals surface area contributed by atoms with Crippen molar-refractivity contribution in [2.75, 3.05) is 13.2 Å². The van der Waals surface area contributed by atoms with Crippen molar-refractivity contribution in [3.8, 4) is 0 Å². The number of alkyl halides is 3. The van der Waals surface area contributed by atoms with Crippen molar-refractivity contribution in [2.45, 2.75) is 64.1 Å². The summed E-state index contributed by atoms with van der Waals surface area (Å²) in [6.07, 6.45) is -0.0217. The van der Waals surface area contributed by atoms with E-state index >= 15 is 0 Å². The van der Waals surface area contributed by atoms with E-state index in [0.29, 0.717) is 6.42 Å². The van der Waals surface area contributed by atoms with Gasteiger partial charge in [-0.3, -0.25) is 0 Å². The predicted molar refractivity (Wildman–Crippen MR) is 62.9 cm³/mol. The minimum atomic E-state index is -4.02. The Morgan fingerprint density at radius 3 is 2.29 bits per heavy atom. The molecule has 5 heteroatoms. The molecule has 0 saturated heterocycles. The van der Waals surface area contributed by atoms with E-state index in [1.165, 1.54) is 0 Å². The number of hydrogen-bond acceptors (Lipinski definition) is 2. The highest BCUT2D eigenvalue weighted by molar-refractivity contribution is 4.62. The largest absolute Gasteiger partial charge is 0.396 e. The lowest BCUT2D eigenvalue weighted by Gasteiger charge is -2.14. The highest BCUT2D eigenvalue weighted by Crippen LogP contribution is 2.22. The van der Waals surface area contributed by atoms with Gasteiger partial charge < -0.3 is 10.4 Å². The number of nitrogens with one attached hydrogen (secondary N) is 1. The van der Waals surface area contributed by atoms with Crippen LogP contribution >= 0.6 is 0 Å². The van der Waals surface area contributed by atoms with E-state index in [0.717, 1.165) is 32.2 Å². The first-order valence-corrected chi connectivity index (χ1v) is 6.36. The normalized spacial score (nSPS) is 13.9. The topological polar surface area (TPSA) is 32.3 Å². The second-order valence-corrected chi connectivity index (χ2v) is 4.50. The summed E-state index contributed by atoms with van der Waals surface area (Å²) in [5.74, 6) is 0. The van der Waals surface area contributed by atoms with E-state index in [1.54, 1.807) is 0 Å². The van der Waals surface area contributed by atoms with Crippen molar-refractivity contribution in [3.05, 3.63) is 0 Å². The summed E-state index contributed by atoms with van der Waals surface area (Å²) >= 11 is 0. The molecule has 0 aromatic heterocycles. The molecule has 0 aromatic carbocycles. The average Bonchev–Trinajstić information content (AvgIpc) is 2.21. The molecular weight excluding hydrogens is 231 g/mol. The first-order valence-electron chi connectivity index (χ1n) is 6.36. The van der Waals surface area contributed by atoms with E-state index < -0.39 is 12.6 Å². The maximum Gasteiger partial charge on any atom is 0.389 e. The molecule has 1 atom stereocenters. The Morgan fingerprint density at radius 2 is 1.71 bits per heavy atom. The molecule has 0 spiro atoms. The molecule has 2 nitrogen and oxygen atoms in total. The van der Waals surface area contributed by atoms with Gasteiger partial charge in [0.25, 0.3) is 0 Å². The van der Waals surface area contributed by atoms with Gasteiger partial charge in [-0.1, -0.05) is 12.8 Å². The van der Waals surface area contributed by atoms with Crippen molar-refractivity contribution in [1.29, 1.82) is 0 Å². The molecule has 0 radical (unpaired) electrons. The SMILES string of the molecule is CC(CCCC(F)(F)F)NCCCCCCO. The average molecular weight is 255 g/mol. The molecule has 17 heavy (non-hydrogen) atoms. The van der Waals surface area contributed by atoms with E-state index in [-0.39, 0.29) is 19.1 Å². The van der Waals surface area contributed by atoms with E-state index in [2.05, 4.69) is 5.32 Å². The first kappa shape index (κ1) is 16.7. The lowest BCUT2D eigenvalue weighted by Crippen LogP contribution is -2.27. The zero-order chi connectivity index (χ0) is 13.1. The number of rotatable bonds is 10. The zero-order valence-electron chi connectivity index (χ0n) is 10.5. The summed E-state index contributed by atoms with van der Waals surface area (Å²) in [5, 5.41) is 11.8. The van der Waals surface area contributed by atoms with Crippen molar-refractivity contribution in [2.24, 2.45) is 0 Å². The highest BCUT2D eigenvalue weighted by atomic mass is 19.4. The van der Waals surface area contributed by atoms with Crippen molar-refractivity contribution in [3.63, 3.8) is 0 Å². The van der Waals surface area contributed by atoms with Gasteiger partial charge in [-0.25, -0.2) is 0 Å². The molecule has 0 amide bonds. The van der Waals surface area contributed by atoms with Gasteiger partial charge >= 0.3 is 6.18 Å². The van der Waals surface area contributed by atoms with Crippen LogP contribution in [0.4, 0.5) is 13.2 Å². The second-order valence-electron chi connectivity index (χ2n) is 4.50. The predicted octanol–water partition coefficient (Wildman–Crippen LogP) is 3.25. The molecule has 0 aliphatic carbocycles. The quantitative estimate of drug-likeness (QED) is 0.587. The fourth-order valence-corrected chi connectivity index (χ4v) is 1.65. The minimum absolute atomic E-state index is 0.148. The lowest BCUT2D eigenvalue weighted by atomic mass is 10.1. The molecule has 104 valence electrons. The van der Waals surface area contributed by atoms with Crippen molar-refractivity contribution in [1.82, 2.24) is 5.32 Å². The monoisotopic (exact) mass is 255 g/mol. The Labute approximate surface area is 102 Å². The van der Waals surface area contributed by atoms with Gasteiger partial charge in [-0.2, -0.15) is 13.2 Å². The summed E-state index contributed by atoms with van der Waals surface area (Å²) < 4.78 is 35.7. The molecule has 0 aliphatic heterocycles. The number of aliphatic hydroxyl groups excluding tert-OH is 1. The number of aliphatic hydroxyl groups is 1. The van der Waals surface area contributed by atoms with Crippen molar-refractivity contribution >= 4 is 0 Å². The van der Waals surface area contributed by atoms with Gasteiger partial charge in [0.15, 0.2) is 0 Å². The molecule has 0 aromatic rings. The fraction of sp³-hybridized carbons (Fsp3) is 1.00. The molecule has 0 bridgehead atoms. The van der Waals surface area contributed by atoms with Gasteiger partial charge in [0.1, 0.15) is 0 Å². The molecule has 0 rings (SSSR count). The fourth-order valence-electron chi connectivity index (χ4n) is 1.65. The summed E-state index contributed by atoms with van der Waals surface area (Å²) in [7, 11) is 0. The van der Waals surface area contributed by atoms with Gasteiger partial charge in [-0.15, -0.1) is 0 Å². The Balaban J connectivity index is 3.26. The molecular formula is C12H24F3NO. The lowest BCUT2D eigenvalue weighted by molar-refractivity contribution is -0.135. The summed E-state index contributed by atoms with van der Waals surface area (Å²) in [6.45, 7) is 3.00. The molecule has 0 fully saturated rings. The summed E-state index contributed by atoms with van der Waals surface area (Å²) in [5.41, 5.74) is 0. The summed E-state index contributed by atoms with van der Waals surface area (Å²) in [4.78, 5) is 0. The van der Waals surface area contributed by atoms with Crippen LogP contribution < -0.4 is 5.32 Å². The first-order chi connectivity index (χ1) is 7.95. The molecule has 0 heterocycles. The Hall–Kier alpha value is -0.290. The summed E-state index contributed by atoms with van der Waals surface area (Å²) in [6, 6.07) is 0.148. The van der Waals surface area contributed by atoms with Gasteiger partial charge in [-0.05, 0) is 39.2 Å². The van der Waals surface area contributed by atoms with Crippen LogP contribution in [0.1, 0.15) is 51.9 Å². The molecule has 0 aliphatic rings. The van der Waals surface area contributed by atoms with E-state index in [4.69, 9.17) is 5.11 Å². The molecule has 0 saturated carbocycles. The van der Waals surface area contributed by atoms with Gasteiger partial charge in [0, 0.05) is 19.1 Å². The van der Waals surface area contributed by atoms with Crippen molar-refractivity contribution < 1.29 is 18.3 Å². The molecule has 2 N–H and O–H groups in total.